The van der Waals surface area contributed by atoms with Crippen molar-refractivity contribution in [3.05, 3.63) is 30.5 Å². The molecule has 1 saturated carbocycles. The molecule has 1 aromatic heterocycles. The van der Waals surface area contributed by atoms with E-state index >= 15 is 0 Å². The van der Waals surface area contributed by atoms with Crippen LogP contribution in [0.25, 0.3) is 10.9 Å². The third-order valence-electron chi connectivity index (χ3n) is 4.36. The Morgan fingerprint density at radius 1 is 1.20 bits per heavy atom. The summed E-state index contributed by atoms with van der Waals surface area (Å²) in [5, 5.41) is 4.75. The highest BCUT2D eigenvalue weighted by atomic mass is 16.5. The molecule has 4 heteroatoms. The van der Waals surface area contributed by atoms with Crippen molar-refractivity contribution >= 4 is 22.3 Å². The van der Waals surface area contributed by atoms with E-state index in [0.29, 0.717) is 12.1 Å². The molecule has 1 aliphatic carbocycles. The summed E-state index contributed by atoms with van der Waals surface area (Å²) in [5.41, 5.74) is 8.72. The van der Waals surface area contributed by atoms with Crippen molar-refractivity contribution in [2.24, 2.45) is 5.92 Å². The van der Waals surface area contributed by atoms with Crippen LogP contribution in [0.5, 0.6) is 0 Å². The molecule has 1 aromatic carbocycles. The lowest BCUT2D eigenvalue weighted by atomic mass is 10.0. The number of ether oxygens (including phenoxy) is 1. The fourth-order valence-corrected chi connectivity index (χ4v) is 3.18. The highest BCUT2D eigenvalue weighted by Gasteiger charge is 2.40. The van der Waals surface area contributed by atoms with E-state index in [4.69, 9.17) is 10.5 Å². The van der Waals surface area contributed by atoms with E-state index in [0.717, 1.165) is 41.2 Å². The first-order valence-electron chi connectivity index (χ1n) is 7.34. The second-order valence-electron chi connectivity index (χ2n) is 5.81. The molecule has 4 nitrogen and oxygen atoms in total. The molecule has 2 aliphatic rings. The number of hydrogen-bond acceptors (Lipinski definition) is 4. The highest BCUT2D eigenvalue weighted by molar-refractivity contribution is 5.98. The van der Waals surface area contributed by atoms with Crippen molar-refractivity contribution in [3.8, 4) is 0 Å². The Kier molecular flexibility index (Phi) is 2.77. The summed E-state index contributed by atoms with van der Waals surface area (Å²) in [5.74, 6) is 0.758. The average Bonchev–Trinajstić information content (AvgIpc) is 3.22. The van der Waals surface area contributed by atoms with E-state index in [2.05, 4.69) is 22.4 Å². The van der Waals surface area contributed by atoms with Crippen LogP contribution >= 0.6 is 0 Å². The zero-order chi connectivity index (χ0) is 13.5. The first-order chi connectivity index (χ1) is 9.83. The summed E-state index contributed by atoms with van der Waals surface area (Å²) < 4.78 is 5.89. The Hall–Kier alpha value is -1.81. The smallest absolute Gasteiger partial charge is 0.0951 e. The first-order valence-corrected chi connectivity index (χ1v) is 7.34. The van der Waals surface area contributed by atoms with Gasteiger partial charge >= 0.3 is 0 Å². The third kappa shape index (κ3) is 2.00. The van der Waals surface area contributed by atoms with Gasteiger partial charge in [-0.1, -0.05) is 0 Å². The molecule has 104 valence electrons. The predicted octanol–water partition coefficient (Wildman–Crippen LogP) is 2.80. The van der Waals surface area contributed by atoms with E-state index in [9.17, 15) is 0 Å². The fourth-order valence-electron chi connectivity index (χ4n) is 3.18. The molecular weight excluding hydrogens is 250 g/mol. The van der Waals surface area contributed by atoms with Gasteiger partial charge in [0.2, 0.25) is 0 Å². The molecule has 0 bridgehead atoms. The lowest BCUT2D eigenvalue weighted by molar-refractivity contribution is 0.0899. The minimum atomic E-state index is 0.374. The Morgan fingerprint density at radius 3 is 2.95 bits per heavy atom. The minimum Gasteiger partial charge on any atom is -0.397 e. The maximum absolute atomic E-state index is 6.00. The van der Waals surface area contributed by atoms with Crippen LogP contribution in [0.1, 0.15) is 19.3 Å². The molecule has 4 rings (SSSR count). The summed E-state index contributed by atoms with van der Waals surface area (Å²) in [6, 6.07) is 8.43. The number of nitrogen functional groups attached to an aromatic ring is 1. The summed E-state index contributed by atoms with van der Waals surface area (Å²) in [6.07, 6.45) is 5.86. The molecule has 2 aromatic rings. The lowest BCUT2D eigenvalue weighted by Gasteiger charge is -2.21. The number of hydrogen-bond donors (Lipinski definition) is 2. The monoisotopic (exact) mass is 269 g/mol. The van der Waals surface area contributed by atoms with Gasteiger partial charge in [0.25, 0.3) is 0 Å². The fraction of sp³-hybridized carbons (Fsp3) is 0.438. The number of aromatic nitrogens is 1. The van der Waals surface area contributed by atoms with Crippen molar-refractivity contribution in [1.29, 1.82) is 0 Å². The van der Waals surface area contributed by atoms with Gasteiger partial charge < -0.3 is 15.8 Å². The highest BCUT2D eigenvalue weighted by Crippen LogP contribution is 2.40. The van der Waals surface area contributed by atoms with E-state index in [-0.39, 0.29) is 0 Å². The Morgan fingerprint density at radius 2 is 2.10 bits per heavy atom. The molecule has 2 atom stereocenters. The molecule has 3 N–H and O–H groups in total. The number of pyridine rings is 1. The van der Waals surface area contributed by atoms with E-state index in [1.165, 1.54) is 12.8 Å². The number of nitrogens with zero attached hydrogens (tertiary/aromatic N) is 1. The predicted molar refractivity (Wildman–Crippen MR) is 80.6 cm³/mol. The molecule has 2 unspecified atom stereocenters. The van der Waals surface area contributed by atoms with Gasteiger partial charge in [-0.05, 0) is 49.4 Å². The largest absolute Gasteiger partial charge is 0.397 e. The zero-order valence-electron chi connectivity index (χ0n) is 11.4. The van der Waals surface area contributed by atoms with Gasteiger partial charge in [-0.3, -0.25) is 4.98 Å². The second kappa shape index (κ2) is 4.63. The topological polar surface area (TPSA) is 60.2 Å². The van der Waals surface area contributed by atoms with Crippen molar-refractivity contribution < 1.29 is 4.74 Å². The van der Waals surface area contributed by atoms with Gasteiger partial charge in [0.05, 0.1) is 23.3 Å². The number of nitrogens with two attached hydrogens (primary N) is 1. The molecule has 0 amide bonds. The van der Waals surface area contributed by atoms with Crippen LogP contribution in [0.2, 0.25) is 0 Å². The maximum Gasteiger partial charge on any atom is 0.0951 e. The SMILES string of the molecule is Nc1ccc(NC2CCOC2C2CC2)c2cccnc12. The molecule has 1 aliphatic heterocycles. The maximum atomic E-state index is 6.00. The summed E-state index contributed by atoms with van der Waals surface area (Å²) >= 11 is 0. The van der Waals surface area contributed by atoms with Crippen LogP contribution in [0, 0.1) is 5.92 Å². The summed E-state index contributed by atoms with van der Waals surface area (Å²) in [7, 11) is 0. The number of nitrogens with one attached hydrogen (secondary N) is 1. The van der Waals surface area contributed by atoms with Crippen LogP contribution in [0.15, 0.2) is 30.5 Å². The number of benzene rings is 1. The summed E-state index contributed by atoms with van der Waals surface area (Å²) in [4.78, 5) is 4.39. The van der Waals surface area contributed by atoms with Gasteiger partial charge in [0.15, 0.2) is 0 Å². The van der Waals surface area contributed by atoms with Crippen molar-refractivity contribution in [1.82, 2.24) is 4.98 Å². The molecule has 2 heterocycles. The van der Waals surface area contributed by atoms with Crippen molar-refractivity contribution in [3.63, 3.8) is 0 Å². The van der Waals surface area contributed by atoms with Crippen molar-refractivity contribution in [2.75, 3.05) is 17.7 Å². The summed E-state index contributed by atoms with van der Waals surface area (Å²) in [6.45, 7) is 0.865. The molecule has 0 spiro atoms. The molecule has 20 heavy (non-hydrogen) atoms. The standard InChI is InChI=1S/C16H19N3O/c17-12-5-6-13(11-2-1-8-18-15(11)12)19-14-7-9-20-16(14)10-3-4-10/h1-2,5-6,8,10,14,16,19H,3-4,7,9,17H2. The van der Waals surface area contributed by atoms with Gasteiger partial charge in [0, 0.05) is 23.9 Å². The van der Waals surface area contributed by atoms with Crippen molar-refractivity contribution in [2.45, 2.75) is 31.4 Å². The van der Waals surface area contributed by atoms with Gasteiger partial charge in [-0.2, -0.15) is 0 Å². The van der Waals surface area contributed by atoms with E-state index in [1.807, 2.05) is 12.1 Å². The normalized spacial score (nSPS) is 26.0. The van der Waals surface area contributed by atoms with E-state index in [1.54, 1.807) is 6.20 Å². The van der Waals surface area contributed by atoms with Gasteiger partial charge in [0.1, 0.15) is 0 Å². The Balaban J connectivity index is 1.67. The molecule has 1 saturated heterocycles. The quantitative estimate of drug-likeness (QED) is 0.841. The third-order valence-corrected chi connectivity index (χ3v) is 4.36. The lowest BCUT2D eigenvalue weighted by Crippen LogP contribution is -2.31. The number of anilines is 2. The molecule has 0 radical (unpaired) electrons. The van der Waals surface area contributed by atoms with Crippen LogP contribution in [-0.4, -0.2) is 23.7 Å². The van der Waals surface area contributed by atoms with Gasteiger partial charge in [-0.15, -0.1) is 0 Å². The van der Waals surface area contributed by atoms with Crippen LogP contribution < -0.4 is 11.1 Å². The molecule has 2 fully saturated rings. The number of fused-ring (bicyclic) bond motifs is 1. The Bertz CT molecular complexity index is 639. The van der Waals surface area contributed by atoms with E-state index < -0.39 is 0 Å². The Labute approximate surface area is 118 Å². The molecular formula is C16H19N3O. The first kappa shape index (κ1) is 12.0. The van der Waals surface area contributed by atoms with Crippen LogP contribution in [0.4, 0.5) is 11.4 Å². The number of rotatable bonds is 3. The van der Waals surface area contributed by atoms with Gasteiger partial charge in [-0.25, -0.2) is 0 Å². The second-order valence-corrected chi connectivity index (χ2v) is 5.81. The zero-order valence-corrected chi connectivity index (χ0v) is 11.4. The minimum absolute atomic E-state index is 0.374. The van der Waals surface area contributed by atoms with Crippen LogP contribution in [0.3, 0.4) is 0 Å². The average molecular weight is 269 g/mol. The van der Waals surface area contributed by atoms with Crippen LogP contribution in [-0.2, 0) is 4.74 Å².